The van der Waals surface area contributed by atoms with Crippen molar-refractivity contribution in [3.05, 3.63) is 78.1 Å². The Labute approximate surface area is 146 Å². The number of aromatic nitrogens is 3. The van der Waals surface area contributed by atoms with Gasteiger partial charge in [-0.05, 0) is 12.5 Å². The summed E-state index contributed by atoms with van der Waals surface area (Å²) in [5.41, 5.74) is 2.09. The lowest BCUT2D eigenvalue weighted by Gasteiger charge is -2.02. The van der Waals surface area contributed by atoms with Gasteiger partial charge < -0.3 is 0 Å². The zero-order chi connectivity index (χ0) is 17.5. The molecule has 2 aromatic carbocycles. The van der Waals surface area contributed by atoms with Gasteiger partial charge in [0.2, 0.25) is 5.82 Å². The molecule has 3 aromatic rings. The number of amidine groups is 1. The van der Waals surface area contributed by atoms with Crippen LogP contribution in [0.3, 0.4) is 0 Å². The summed E-state index contributed by atoms with van der Waals surface area (Å²) in [5.74, 6) is 1.11. The number of aliphatic imine (C=N–C) groups is 1. The molecule has 124 valence electrons. The van der Waals surface area contributed by atoms with Crippen LogP contribution >= 0.6 is 0 Å². The van der Waals surface area contributed by atoms with Gasteiger partial charge in [-0.15, -0.1) is 5.10 Å². The summed E-state index contributed by atoms with van der Waals surface area (Å²) in [6.07, 6.45) is 5.65. The number of hydrogen-bond donors (Lipinski definition) is 1. The molecule has 1 heterocycles. The molecule has 0 spiro atoms. The molecule has 0 saturated carbocycles. The Morgan fingerprint density at radius 3 is 2.44 bits per heavy atom. The van der Waals surface area contributed by atoms with Gasteiger partial charge in [-0.2, -0.15) is 0 Å². The van der Waals surface area contributed by atoms with E-state index < -0.39 is 0 Å². The van der Waals surface area contributed by atoms with Crippen molar-refractivity contribution in [2.75, 3.05) is 0 Å². The molecule has 1 N–H and O–H groups in total. The third kappa shape index (κ3) is 4.14. The van der Waals surface area contributed by atoms with Crippen LogP contribution in [0.25, 0.3) is 17.5 Å². The molecule has 0 bridgehead atoms. The standard InChI is InChI=1S/C20H19N5/c1-2-22-18(21)19-23-20(17-13-7-4-8-14-17)25(24-19)15-9-12-16-10-5-3-6-11-16/h2-14,21H,15H2,1H3/b12-9+,21-18?,22-2?. The second kappa shape index (κ2) is 7.97. The van der Waals surface area contributed by atoms with E-state index in [1.165, 1.54) is 0 Å². The van der Waals surface area contributed by atoms with Crippen LogP contribution in [0.5, 0.6) is 0 Å². The second-order valence-electron chi connectivity index (χ2n) is 5.36. The molecule has 1 aromatic heterocycles. The van der Waals surface area contributed by atoms with E-state index in [1.54, 1.807) is 17.8 Å². The highest BCUT2D eigenvalue weighted by Crippen LogP contribution is 2.17. The molecule has 0 atom stereocenters. The van der Waals surface area contributed by atoms with E-state index in [1.807, 2.05) is 72.8 Å². The lowest BCUT2D eigenvalue weighted by Crippen LogP contribution is -2.03. The Morgan fingerprint density at radius 2 is 1.76 bits per heavy atom. The number of nitrogens with one attached hydrogen (secondary N) is 1. The van der Waals surface area contributed by atoms with Crippen molar-refractivity contribution in [2.45, 2.75) is 13.5 Å². The van der Waals surface area contributed by atoms with Crippen LogP contribution in [0, 0.1) is 5.41 Å². The van der Waals surface area contributed by atoms with Crippen LogP contribution in [-0.2, 0) is 6.54 Å². The molecule has 5 nitrogen and oxygen atoms in total. The van der Waals surface area contributed by atoms with Gasteiger partial charge >= 0.3 is 0 Å². The molecule has 0 unspecified atom stereocenters. The molecule has 5 heteroatoms. The summed E-state index contributed by atoms with van der Waals surface area (Å²) >= 11 is 0. The fourth-order valence-corrected chi connectivity index (χ4v) is 2.41. The van der Waals surface area contributed by atoms with E-state index in [9.17, 15) is 0 Å². The summed E-state index contributed by atoms with van der Waals surface area (Å²) in [7, 11) is 0. The molecule has 0 aliphatic heterocycles. The number of hydrogen-bond acceptors (Lipinski definition) is 3. The minimum atomic E-state index is 0.0606. The highest BCUT2D eigenvalue weighted by atomic mass is 15.4. The third-order valence-electron chi connectivity index (χ3n) is 3.56. The number of rotatable bonds is 5. The second-order valence-corrected chi connectivity index (χ2v) is 5.36. The first-order valence-electron chi connectivity index (χ1n) is 8.07. The maximum Gasteiger partial charge on any atom is 0.218 e. The van der Waals surface area contributed by atoms with Crippen LogP contribution in [0.1, 0.15) is 18.3 Å². The third-order valence-corrected chi connectivity index (χ3v) is 3.56. The predicted molar refractivity (Wildman–Crippen MR) is 102 cm³/mol. The van der Waals surface area contributed by atoms with Crippen LogP contribution in [0.15, 0.2) is 71.7 Å². The largest absolute Gasteiger partial charge is 0.280 e. The topological polar surface area (TPSA) is 66.9 Å². The molecule has 0 fully saturated rings. The fourth-order valence-electron chi connectivity index (χ4n) is 2.41. The zero-order valence-electron chi connectivity index (χ0n) is 14.0. The fraction of sp³-hybridized carbons (Fsp3) is 0.100. The molecule has 25 heavy (non-hydrogen) atoms. The molecule has 0 radical (unpaired) electrons. The summed E-state index contributed by atoms with van der Waals surface area (Å²) in [6, 6.07) is 20.0. The van der Waals surface area contributed by atoms with Crippen molar-refractivity contribution in [2.24, 2.45) is 4.99 Å². The molecule has 0 aliphatic carbocycles. The van der Waals surface area contributed by atoms with Crippen LogP contribution < -0.4 is 0 Å². The maximum atomic E-state index is 7.96. The lowest BCUT2D eigenvalue weighted by atomic mass is 10.2. The average Bonchev–Trinajstić information content (AvgIpc) is 3.08. The number of benzene rings is 2. The molecule has 0 aliphatic rings. The Morgan fingerprint density at radius 1 is 1.08 bits per heavy atom. The molecular weight excluding hydrogens is 310 g/mol. The van der Waals surface area contributed by atoms with Gasteiger partial charge in [-0.25, -0.2) is 14.7 Å². The Hall–Kier alpha value is -3.34. The van der Waals surface area contributed by atoms with Gasteiger partial charge in [0.1, 0.15) is 0 Å². The first-order valence-corrected chi connectivity index (χ1v) is 8.07. The normalized spacial score (nSPS) is 11.4. The molecule has 3 rings (SSSR count). The Kier molecular flexibility index (Phi) is 5.26. The van der Waals surface area contributed by atoms with Crippen molar-refractivity contribution in [1.82, 2.24) is 14.8 Å². The number of allylic oxidation sites excluding steroid dienone is 1. The van der Waals surface area contributed by atoms with Gasteiger partial charge in [0.15, 0.2) is 11.7 Å². The van der Waals surface area contributed by atoms with E-state index in [0.717, 1.165) is 17.0 Å². The Balaban J connectivity index is 1.90. The quantitative estimate of drug-likeness (QED) is 0.566. The highest BCUT2D eigenvalue weighted by molar-refractivity contribution is 5.97. The van der Waals surface area contributed by atoms with E-state index >= 15 is 0 Å². The highest BCUT2D eigenvalue weighted by Gasteiger charge is 2.13. The smallest absolute Gasteiger partial charge is 0.218 e. The average molecular weight is 329 g/mol. The van der Waals surface area contributed by atoms with Crippen molar-refractivity contribution in [3.63, 3.8) is 0 Å². The first-order chi connectivity index (χ1) is 12.3. The van der Waals surface area contributed by atoms with Crippen molar-refractivity contribution in [1.29, 1.82) is 5.41 Å². The van der Waals surface area contributed by atoms with E-state index in [4.69, 9.17) is 5.41 Å². The summed E-state index contributed by atoms with van der Waals surface area (Å²) in [4.78, 5) is 8.48. The SMILES string of the molecule is CC=NC(=N)c1nc(-c2ccccc2)n(C/C=C/c2ccccc2)n1. The van der Waals surface area contributed by atoms with Gasteiger partial charge in [-0.3, -0.25) is 5.41 Å². The summed E-state index contributed by atoms with van der Waals surface area (Å²) in [5, 5.41) is 12.4. The lowest BCUT2D eigenvalue weighted by molar-refractivity contribution is 0.707. The van der Waals surface area contributed by atoms with E-state index in [2.05, 4.69) is 15.1 Å². The van der Waals surface area contributed by atoms with Crippen LogP contribution in [0.4, 0.5) is 0 Å². The minimum absolute atomic E-state index is 0.0606. The van der Waals surface area contributed by atoms with Gasteiger partial charge in [0, 0.05) is 11.8 Å². The minimum Gasteiger partial charge on any atom is -0.280 e. The van der Waals surface area contributed by atoms with Crippen LogP contribution in [-0.4, -0.2) is 26.8 Å². The number of nitrogens with zero attached hydrogens (tertiary/aromatic N) is 4. The van der Waals surface area contributed by atoms with Gasteiger partial charge in [0.05, 0.1) is 6.54 Å². The molecular formula is C20H19N5. The van der Waals surface area contributed by atoms with Crippen molar-refractivity contribution >= 4 is 18.1 Å². The summed E-state index contributed by atoms with van der Waals surface area (Å²) in [6.45, 7) is 2.33. The Bertz CT molecular complexity index is 892. The summed E-state index contributed by atoms with van der Waals surface area (Å²) < 4.78 is 1.80. The van der Waals surface area contributed by atoms with Gasteiger partial charge in [0.25, 0.3) is 0 Å². The van der Waals surface area contributed by atoms with Gasteiger partial charge in [-0.1, -0.05) is 72.8 Å². The van der Waals surface area contributed by atoms with Crippen molar-refractivity contribution < 1.29 is 0 Å². The molecule has 0 saturated heterocycles. The van der Waals surface area contributed by atoms with E-state index in [-0.39, 0.29) is 5.84 Å². The van der Waals surface area contributed by atoms with E-state index in [0.29, 0.717) is 12.4 Å². The van der Waals surface area contributed by atoms with Crippen molar-refractivity contribution in [3.8, 4) is 11.4 Å². The maximum absolute atomic E-state index is 7.96. The molecule has 0 amide bonds. The zero-order valence-corrected chi connectivity index (χ0v) is 14.0. The predicted octanol–water partition coefficient (Wildman–Crippen LogP) is 4.07. The van der Waals surface area contributed by atoms with Crippen LogP contribution in [0.2, 0.25) is 0 Å². The monoisotopic (exact) mass is 329 g/mol. The first kappa shape index (κ1) is 16.5.